The molecule has 0 bridgehead atoms. The van der Waals surface area contributed by atoms with E-state index in [1.807, 2.05) is 0 Å². The molecule has 2 atom stereocenters. The average molecular weight is 233 g/mol. The summed E-state index contributed by atoms with van der Waals surface area (Å²) in [5.74, 6) is 1.17. The topological polar surface area (TPSA) is 12.0 Å². The molecule has 1 heteroatoms. The molecule has 0 aliphatic carbocycles. The molecule has 17 heavy (non-hydrogen) atoms. The van der Waals surface area contributed by atoms with Gasteiger partial charge in [0.15, 0.2) is 0 Å². The molecule has 1 aromatic carbocycles. The number of rotatable bonds is 5. The van der Waals surface area contributed by atoms with Gasteiger partial charge in [0.1, 0.15) is 0 Å². The summed E-state index contributed by atoms with van der Waals surface area (Å²) in [7, 11) is 0. The Balaban J connectivity index is 2.72. The van der Waals surface area contributed by atoms with Crippen molar-refractivity contribution in [1.29, 1.82) is 0 Å². The van der Waals surface area contributed by atoms with Gasteiger partial charge in [-0.05, 0) is 29.9 Å². The van der Waals surface area contributed by atoms with E-state index >= 15 is 0 Å². The Hall–Kier alpha value is -0.820. The van der Waals surface area contributed by atoms with Crippen LogP contribution in [0.4, 0.5) is 0 Å². The highest BCUT2D eigenvalue weighted by atomic mass is 14.9. The van der Waals surface area contributed by atoms with E-state index in [1.165, 1.54) is 11.1 Å². The van der Waals surface area contributed by atoms with Crippen molar-refractivity contribution in [1.82, 2.24) is 5.32 Å². The summed E-state index contributed by atoms with van der Waals surface area (Å²) in [6.07, 6.45) is 0. The molecule has 0 aliphatic heterocycles. The van der Waals surface area contributed by atoms with Crippen molar-refractivity contribution in [2.75, 3.05) is 0 Å². The van der Waals surface area contributed by atoms with E-state index in [4.69, 9.17) is 0 Å². The summed E-state index contributed by atoms with van der Waals surface area (Å²) in [5.41, 5.74) is 2.85. The van der Waals surface area contributed by atoms with Crippen molar-refractivity contribution in [2.45, 2.75) is 65.5 Å². The Labute approximate surface area is 107 Å². The van der Waals surface area contributed by atoms with Gasteiger partial charge in [-0.25, -0.2) is 0 Å². The van der Waals surface area contributed by atoms with Crippen molar-refractivity contribution in [3.8, 4) is 0 Å². The number of nitrogens with one attached hydrogen (secondary N) is 1. The standard InChI is InChI=1S/C16H27N/c1-11(2)15-7-9-16(10-8-15)13(5)14(6)17-12(3)4/h7-14,17H,1-6H3. The smallest absolute Gasteiger partial charge is 0.0107 e. The maximum atomic E-state index is 3.58. The van der Waals surface area contributed by atoms with E-state index in [2.05, 4.69) is 71.1 Å². The first-order valence-corrected chi connectivity index (χ1v) is 6.77. The molecule has 2 unspecified atom stereocenters. The van der Waals surface area contributed by atoms with Crippen LogP contribution in [0.3, 0.4) is 0 Å². The van der Waals surface area contributed by atoms with Gasteiger partial charge in [0.05, 0.1) is 0 Å². The summed E-state index contributed by atoms with van der Waals surface area (Å²) in [5, 5.41) is 3.58. The molecule has 0 radical (unpaired) electrons. The van der Waals surface area contributed by atoms with E-state index in [0.717, 1.165) is 0 Å². The molecular weight excluding hydrogens is 206 g/mol. The van der Waals surface area contributed by atoms with Crippen LogP contribution >= 0.6 is 0 Å². The lowest BCUT2D eigenvalue weighted by Gasteiger charge is -2.24. The molecule has 0 heterocycles. The molecule has 1 N–H and O–H groups in total. The lowest BCUT2D eigenvalue weighted by atomic mass is 9.92. The largest absolute Gasteiger partial charge is 0.311 e. The average Bonchev–Trinajstić information content (AvgIpc) is 2.27. The minimum absolute atomic E-state index is 0.514. The van der Waals surface area contributed by atoms with Gasteiger partial charge in [-0.3, -0.25) is 0 Å². The first-order chi connectivity index (χ1) is 7.91. The first-order valence-electron chi connectivity index (χ1n) is 6.77. The fourth-order valence-electron chi connectivity index (χ4n) is 2.14. The molecule has 0 aliphatic rings. The zero-order chi connectivity index (χ0) is 13.0. The van der Waals surface area contributed by atoms with E-state index in [1.54, 1.807) is 0 Å². The molecule has 1 aromatic rings. The summed E-state index contributed by atoms with van der Waals surface area (Å²) >= 11 is 0. The van der Waals surface area contributed by atoms with E-state index in [-0.39, 0.29) is 0 Å². The molecule has 0 saturated heterocycles. The van der Waals surface area contributed by atoms with Crippen LogP contribution in [0.5, 0.6) is 0 Å². The third kappa shape index (κ3) is 4.16. The van der Waals surface area contributed by atoms with Crippen LogP contribution in [0.2, 0.25) is 0 Å². The minimum atomic E-state index is 0.514. The summed E-state index contributed by atoms with van der Waals surface area (Å²) in [4.78, 5) is 0. The predicted octanol–water partition coefficient (Wildman–Crippen LogP) is 4.30. The minimum Gasteiger partial charge on any atom is -0.311 e. The van der Waals surface area contributed by atoms with Crippen LogP contribution in [-0.2, 0) is 0 Å². The fourth-order valence-corrected chi connectivity index (χ4v) is 2.14. The zero-order valence-electron chi connectivity index (χ0n) is 12.1. The van der Waals surface area contributed by atoms with Gasteiger partial charge < -0.3 is 5.32 Å². The summed E-state index contributed by atoms with van der Waals surface area (Å²) < 4.78 is 0. The van der Waals surface area contributed by atoms with Crippen LogP contribution in [0.15, 0.2) is 24.3 Å². The molecule has 0 saturated carbocycles. The van der Waals surface area contributed by atoms with Crippen LogP contribution in [-0.4, -0.2) is 12.1 Å². The van der Waals surface area contributed by atoms with E-state index < -0.39 is 0 Å². The van der Waals surface area contributed by atoms with Gasteiger partial charge in [-0.2, -0.15) is 0 Å². The predicted molar refractivity (Wildman–Crippen MR) is 76.7 cm³/mol. The highest BCUT2D eigenvalue weighted by Crippen LogP contribution is 2.22. The maximum Gasteiger partial charge on any atom is 0.0107 e. The molecule has 1 rings (SSSR count). The molecule has 0 fully saturated rings. The van der Waals surface area contributed by atoms with Crippen LogP contribution in [0.1, 0.15) is 64.5 Å². The Morgan fingerprint density at radius 2 is 1.24 bits per heavy atom. The second-order valence-electron chi connectivity index (χ2n) is 5.72. The summed E-state index contributed by atoms with van der Waals surface area (Å²) in [6.45, 7) is 13.4. The molecule has 0 aromatic heterocycles. The second-order valence-corrected chi connectivity index (χ2v) is 5.72. The van der Waals surface area contributed by atoms with E-state index in [9.17, 15) is 0 Å². The van der Waals surface area contributed by atoms with Gasteiger partial charge in [-0.15, -0.1) is 0 Å². The molecular formula is C16H27N. The molecule has 96 valence electrons. The van der Waals surface area contributed by atoms with Gasteiger partial charge in [0, 0.05) is 12.1 Å². The van der Waals surface area contributed by atoms with Gasteiger partial charge in [-0.1, -0.05) is 58.9 Å². The highest BCUT2D eigenvalue weighted by Gasteiger charge is 2.14. The monoisotopic (exact) mass is 233 g/mol. The zero-order valence-corrected chi connectivity index (χ0v) is 12.1. The second kappa shape index (κ2) is 6.20. The van der Waals surface area contributed by atoms with E-state index in [0.29, 0.717) is 23.9 Å². The Morgan fingerprint density at radius 3 is 1.65 bits per heavy atom. The molecule has 0 spiro atoms. The number of benzene rings is 1. The maximum absolute atomic E-state index is 3.58. The lowest BCUT2D eigenvalue weighted by Crippen LogP contribution is -2.36. The summed E-state index contributed by atoms with van der Waals surface area (Å²) in [6, 6.07) is 10.1. The van der Waals surface area contributed by atoms with Gasteiger partial charge in [0.25, 0.3) is 0 Å². The van der Waals surface area contributed by atoms with Gasteiger partial charge >= 0.3 is 0 Å². The van der Waals surface area contributed by atoms with Crippen molar-refractivity contribution >= 4 is 0 Å². The molecule has 0 amide bonds. The van der Waals surface area contributed by atoms with Crippen molar-refractivity contribution in [3.63, 3.8) is 0 Å². The third-order valence-corrected chi connectivity index (χ3v) is 3.48. The Morgan fingerprint density at radius 1 is 0.765 bits per heavy atom. The quantitative estimate of drug-likeness (QED) is 0.799. The Bertz CT molecular complexity index is 324. The van der Waals surface area contributed by atoms with Gasteiger partial charge in [0.2, 0.25) is 0 Å². The third-order valence-electron chi connectivity index (χ3n) is 3.48. The highest BCUT2D eigenvalue weighted by molar-refractivity contribution is 5.27. The lowest BCUT2D eigenvalue weighted by molar-refractivity contribution is 0.439. The van der Waals surface area contributed by atoms with Crippen molar-refractivity contribution in [3.05, 3.63) is 35.4 Å². The number of hydrogen-bond acceptors (Lipinski definition) is 1. The van der Waals surface area contributed by atoms with Crippen LogP contribution < -0.4 is 5.32 Å². The Kier molecular flexibility index (Phi) is 5.20. The van der Waals surface area contributed by atoms with Crippen molar-refractivity contribution < 1.29 is 0 Å². The van der Waals surface area contributed by atoms with Crippen molar-refractivity contribution in [2.24, 2.45) is 0 Å². The van der Waals surface area contributed by atoms with Crippen LogP contribution in [0.25, 0.3) is 0 Å². The fraction of sp³-hybridized carbons (Fsp3) is 0.625. The SMILES string of the molecule is CC(C)NC(C)C(C)c1ccc(C(C)C)cc1. The van der Waals surface area contributed by atoms with Crippen LogP contribution in [0, 0.1) is 0 Å². The normalized spacial score (nSPS) is 15.3. The molecule has 1 nitrogen and oxygen atoms in total. The number of hydrogen-bond donors (Lipinski definition) is 1. The first kappa shape index (κ1) is 14.2.